The minimum absolute atomic E-state index is 0.0463. The maximum absolute atomic E-state index is 11.7. The van der Waals surface area contributed by atoms with Crippen molar-refractivity contribution in [3.63, 3.8) is 0 Å². The van der Waals surface area contributed by atoms with Gasteiger partial charge in [0.15, 0.2) is 0 Å². The Morgan fingerprint density at radius 3 is 2.31 bits per heavy atom. The van der Waals surface area contributed by atoms with Crippen LogP contribution in [0.25, 0.3) is 0 Å². The van der Waals surface area contributed by atoms with Crippen LogP contribution in [-0.2, 0) is 9.53 Å². The van der Waals surface area contributed by atoms with Gasteiger partial charge in [-0.15, -0.1) is 6.58 Å². The lowest BCUT2D eigenvalue weighted by atomic mass is 9.98. The van der Waals surface area contributed by atoms with E-state index in [1.807, 2.05) is 20.8 Å². The van der Waals surface area contributed by atoms with Crippen LogP contribution in [0, 0.1) is 11.8 Å². The first kappa shape index (κ1) is 12.7. The van der Waals surface area contributed by atoms with Crippen LogP contribution in [0.1, 0.15) is 20.8 Å². The van der Waals surface area contributed by atoms with E-state index in [1.54, 1.807) is 11.0 Å². The Bertz CT molecular complexity index is 277. The largest absolute Gasteiger partial charge is 0.444 e. The van der Waals surface area contributed by atoms with E-state index in [0.717, 1.165) is 6.29 Å². The molecule has 0 aliphatic carbocycles. The third kappa shape index (κ3) is 3.08. The van der Waals surface area contributed by atoms with Crippen molar-refractivity contribution < 1.29 is 14.3 Å². The van der Waals surface area contributed by atoms with Gasteiger partial charge in [-0.05, 0) is 20.8 Å². The lowest BCUT2D eigenvalue weighted by Crippen LogP contribution is -2.35. The average Bonchev–Trinajstić information content (AvgIpc) is 2.57. The van der Waals surface area contributed by atoms with Crippen LogP contribution >= 0.6 is 0 Å². The number of nitrogens with zero attached hydrogens (tertiary/aromatic N) is 1. The summed E-state index contributed by atoms with van der Waals surface area (Å²) in [6.07, 6.45) is 2.25. The van der Waals surface area contributed by atoms with Crippen molar-refractivity contribution in [1.82, 2.24) is 4.90 Å². The Morgan fingerprint density at radius 1 is 1.38 bits per heavy atom. The molecule has 90 valence electrons. The number of carbonyl (C=O) groups excluding carboxylic acids is 2. The minimum Gasteiger partial charge on any atom is -0.444 e. The Kier molecular flexibility index (Phi) is 3.73. The van der Waals surface area contributed by atoms with Gasteiger partial charge in [-0.1, -0.05) is 6.08 Å². The molecule has 2 atom stereocenters. The van der Waals surface area contributed by atoms with Crippen LogP contribution in [0.5, 0.6) is 0 Å². The molecule has 0 aromatic heterocycles. The summed E-state index contributed by atoms with van der Waals surface area (Å²) in [7, 11) is 0. The standard InChI is InChI=1S/C12H19NO3/c1-5-9-6-13(7-10(9)8-14)11(15)16-12(2,3)4/h5,8-10H,1,6-7H2,2-4H3/t9-,10+/m1/s1. The van der Waals surface area contributed by atoms with E-state index in [0.29, 0.717) is 13.1 Å². The Balaban J connectivity index is 2.61. The minimum atomic E-state index is -0.500. The first-order valence-corrected chi connectivity index (χ1v) is 5.43. The van der Waals surface area contributed by atoms with Gasteiger partial charge >= 0.3 is 6.09 Å². The summed E-state index contributed by atoms with van der Waals surface area (Å²) in [5, 5.41) is 0. The molecule has 4 nitrogen and oxygen atoms in total. The number of carbonyl (C=O) groups is 2. The number of likely N-dealkylation sites (tertiary alicyclic amines) is 1. The number of hydrogen-bond acceptors (Lipinski definition) is 3. The summed E-state index contributed by atoms with van der Waals surface area (Å²) in [6, 6.07) is 0. The summed E-state index contributed by atoms with van der Waals surface area (Å²) >= 11 is 0. The molecule has 0 unspecified atom stereocenters. The maximum atomic E-state index is 11.7. The zero-order chi connectivity index (χ0) is 12.3. The fourth-order valence-electron chi connectivity index (χ4n) is 1.72. The van der Waals surface area contributed by atoms with E-state index in [2.05, 4.69) is 6.58 Å². The highest BCUT2D eigenvalue weighted by Gasteiger charge is 2.35. The van der Waals surface area contributed by atoms with Crippen molar-refractivity contribution in [3.05, 3.63) is 12.7 Å². The molecular formula is C12H19NO3. The molecular weight excluding hydrogens is 206 g/mol. The zero-order valence-corrected chi connectivity index (χ0v) is 10.1. The number of aldehydes is 1. The molecule has 0 radical (unpaired) electrons. The molecule has 0 aromatic carbocycles. The summed E-state index contributed by atoms with van der Waals surface area (Å²) in [5.74, 6) is -0.102. The predicted octanol–water partition coefficient (Wildman–Crippen LogP) is 1.85. The zero-order valence-electron chi connectivity index (χ0n) is 10.1. The molecule has 1 heterocycles. The van der Waals surface area contributed by atoms with Gasteiger partial charge in [0.05, 0.1) is 0 Å². The molecule has 0 spiro atoms. The molecule has 1 fully saturated rings. The molecule has 1 aliphatic rings. The van der Waals surface area contributed by atoms with E-state index in [1.165, 1.54) is 0 Å². The van der Waals surface area contributed by atoms with Crippen LogP contribution in [0.15, 0.2) is 12.7 Å². The number of rotatable bonds is 2. The normalized spacial score (nSPS) is 25.3. The second-order valence-electron chi connectivity index (χ2n) is 5.08. The SMILES string of the molecule is C=C[C@@H]1CN(C(=O)OC(C)(C)C)C[C@H]1C=O. The number of ether oxygens (including phenoxy) is 1. The second kappa shape index (κ2) is 4.68. The van der Waals surface area contributed by atoms with E-state index < -0.39 is 5.60 Å². The highest BCUT2D eigenvalue weighted by molar-refractivity contribution is 5.70. The molecule has 0 N–H and O–H groups in total. The van der Waals surface area contributed by atoms with Gasteiger partial charge < -0.3 is 14.4 Å². The summed E-state index contributed by atoms with van der Waals surface area (Å²) in [5.41, 5.74) is -0.500. The van der Waals surface area contributed by atoms with Crippen molar-refractivity contribution in [3.8, 4) is 0 Å². The highest BCUT2D eigenvalue weighted by Crippen LogP contribution is 2.24. The van der Waals surface area contributed by atoms with Gasteiger partial charge in [-0.2, -0.15) is 0 Å². The average molecular weight is 225 g/mol. The molecule has 1 rings (SSSR count). The van der Waals surface area contributed by atoms with Gasteiger partial charge in [0.2, 0.25) is 0 Å². The van der Waals surface area contributed by atoms with Crippen LogP contribution < -0.4 is 0 Å². The van der Waals surface area contributed by atoms with Gasteiger partial charge in [0, 0.05) is 24.9 Å². The van der Waals surface area contributed by atoms with Gasteiger partial charge in [0.25, 0.3) is 0 Å². The van der Waals surface area contributed by atoms with Crippen molar-refractivity contribution >= 4 is 12.4 Å². The van der Waals surface area contributed by atoms with Crippen molar-refractivity contribution in [2.75, 3.05) is 13.1 Å². The van der Waals surface area contributed by atoms with Crippen molar-refractivity contribution in [2.45, 2.75) is 26.4 Å². The first-order chi connectivity index (χ1) is 7.37. The van der Waals surface area contributed by atoms with E-state index in [-0.39, 0.29) is 17.9 Å². The smallest absolute Gasteiger partial charge is 0.410 e. The lowest BCUT2D eigenvalue weighted by Gasteiger charge is -2.24. The van der Waals surface area contributed by atoms with Gasteiger partial charge in [-0.3, -0.25) is 0 Å². The van der Waals surface area contributed by atoms with Gasteiger partial charge in [-0.25, -0.2) is 4.79 Å². The Morgan fingerprint density at radius 2 is 1.94 bits per heavy atom. The summed E-state index contributed by atoms with van der Waals surface area (Å²) < 4.78 is 5.24. The fraction of sp³-hybridized carbons (Fsp3) is 0.667. The van der Waals surface area contributed by atoms with Crippen molar-refractivity contribution in [1.29, 1.82) is 0 Å². The van der Waals surface area contributed by atoms with Crippen LogP contribution in [0.3, 0.4) is 0 Å². The molecule has 1 saturated heterocycles. The summed E-state index contributed by atoms with van der Waals surface area (Å²) in [4.78, 5) is 24.1. The van der Waals surface area contributed by atoms with Crippen LogP contribution in [0.2, 0.25) is 0 Å². The molecule has 1 amide bonds. The van der Waals surface area contributed by atoms with Crippen LogP contribution in [0.4, 0.5) is 4.79 Å². The van der Waals surface area contributed by atoms with Gasteiger partial charge in [0.1, 0.15) is 11.9 Å². The molecule has 0 bridgehead atoms. The monoisotopic (exact) mass is 225 g/mol. The van der Waals surface area contributed by atoms with Crippen LogP contribution in [-0.4, -0.2) is 36.0 Å². The fourth-order valence-corrected chi connectivity index (χ4v) is 1.72. The van der Waals surface area contributed by atoms with E-state index in [4.69, 9.17) is 4.74 Å². The molecule has 1 aliphatic heterocycles. The third-order valence-corrected chi connectivity index (χ3v) is 2.54. The lowest BCUT2D eigenvalue weighted by molar-refractivity contribution is -0.111. The molecule has 0 saturated carbocycles. The molecule has 4 heteroatoms. The maximum Gasteiger partial charge on any atom is 0.410 e. The number of amides is 1. The molecule has 16 heavy (non-hydrogen) atoms. The first-order valence-electron chi connectivity index (χ1n) is 5.43. The quantitative estimate of drug-likeness (QED) is 0.532. The predicted molar refractivity (Wildman–Crippen MR) is 61.0 cm³/mol. The van der Waals surface area contributed by atoms with Crippen molar-refractivity contribution in [2.24, 2.45) is 11.8 Å². The van der Waals surface area contributed by atoms with E-state index in [9.17, 15) is 9.59 Å². The number of hydrogen-bond donors (Lipinski definition) is 0. The second-order valence-corrected chi connectivity index (χ2v) is 5.08. The van der Waals surface area contributed by atoms with E-state index >= 15 is 0 Å². The molecule has 0 aromatic rings. The Labute approximate surface area is 96.3 Å². The Hall–Kier alpha value is -1.32. The highest BCUT2D eigenvalue weighted by atomic mass is 16.6. The third-order valence-electron chi connectivity index (χ3n) is 2.54. The topological polar surface area (TPSA) is 46.6 Å². The summed E-state index contributed by atoms with van der Waals surface area (Å²) in [6.45, 7) is 10.1.